The molecule has 0 aliphatic rings. The standard InChI is InChI=1S/C8H18GeO2/c1-8(2,7(10)11-6)9(3,4)5/h1-6H3. The number of carbonyl (C=O) groups excluding carboxylic acids is 1. The van der Waals surface area contributed by atoms with E-state index in [1.165, 1.54) is 7.11 Å². The van der Waals surface area contributed by atoms with Crippen LogP contribution in [0.1, 0.15) is 13.8 Å². The minimum atomic E-state index is -1.93. The minimum absolute atomic E-state index is 0.0648. The van der Waals surface area contributed by atoms with E-state index in [-0.39, 0.29) is 10.2 Å². The third-order valence-corrected chi connectivity index (χ3v) is 10.9. The Hall–Kier alpha value is 0.0129. The fourth-order valence-corrected chi connectivity index (χ4v) is 2.06. The van der Waals surface area contributed by atoms with Gasteiger partial charge < -0.3 is 0 Å². The van der Waals surface area contributed by atoms with Gasteiger partial charge in [0.25, 0.3) is 0 Å². The van der Waals surface area contributed by atoms with Gasteiger partial charge in [0.1, 0.15) is 0 Å². The van der Waals surface area contributed by atoms with Crippen molar-refractivity contribution < 1.29 is 9.53 Å². The average molecular weight is 219 g/mol. The molecule has 0 amide bonds. The van der Waals surface area contributed by atoms with Crippen LogP contribution in [0.3, 0.4) is 0 Å². The Morgan fingerprint density at radius 3 is 1.73 bits per heavy atom. The molecule has 11 heavy (non-hydrogen) atoms. The quantitative estimate of drug-likeness (QED) is 0.525. The van der Waals surface area contributed by atoms with Gasteiger partial charge in [0.05, 0.1) is 0 Å². The van der Waals surface area contributed by atoms with Crippen molar-refractivity contribution >= 4 is 19.2 Å². The molecule has 0 bridgehead atoms. The Morgan fingerprint density at radius 2 is 1.64 bits per heavy atom. The first-order valence-electron chi connectivity index (χ1n) is 3.82. The van der Waals surface area contributed by atoms with Gasteiger partial charge in [-0.3, -0.25) is 0 Å². The zero-order valence-corrected chi connectivity index (χ0v) is 10.4. The molecule has 0 unspecified atom stereocenters. The number of rotatable bonds is 2. The van der Waals surface area contributed by atoms with Crippen molar-refractivity contribution in [2.24, 2.45) is 0 Å². The SMILES string of the molecule is COC(=O)[C](C)(C)[Ge]([CH3])([CH3])[CH3]. The van der Waals surface area contributed by atoms with Gasteiger partial charge in [-0.05, 0) is 0 Å². The van der Waals surface area contributed by atoms with E-state index in [9.17, 15) is 4.79 Å². The van der Waals surface area contributed by atoms with Crippen LogP contribution in [0.4, 0.5) is 0 Å². The van der Waals surface area contributed by atoms with Gasteiger partial charge in [0.2, 0.25) is 0 Å². The van der Waals surface area contributed by atoms with Crippen molar-refractivity contribution in [1.29, 1.82) is 0 Å². The molecular formula is C8H18GeO2. The van der Waals surface area contributed by atoms with E-state index in [1.807, 2.05) is 13.8 Å². The number of methoxy groups -OCH3 is 1. The van der Waals surface area contributed by atoms with E-state index in [0.717, 1.165) is 0 Å². The van der Waals surface area contributed by atoms with Gasteiger partial charge in [-0.25, -0.2) is 0 Å². The van der Waals surface area contributed by atoms with Gasteiger partial charge in [0.15, 0.2) is 0 Å². The summed E-state index contributed by atoms with van der Waals surface area (Å²) in [4.78, 5) is 11.3. The van der Waals surface area contributed by atoms with Crippen LogP contribution >= 0.6 is 0 Å². The fraction of sp³-hybridized carbons (Fsp3) is 0.875. The van der Waals surface area contributed by atoms with E-state index >= 15 is 0 Å². The van der Waals surface area contributed by atoms with Crippen molar-refractivity contribution in [3.8, 4) is 0 Å². The molecule has 0 rings (SSSR count). The molecule has 0 saturated carbocycles. The van der Waals surface area contributed by atoms with Crippen LogP contribution in [0.15, 0.2) is 0 Å². The van der Waals surface area contributed by atoms with Crippen molar-refractivity contribution in [2.45, 2.75) is 35.4 Å². The fourth-order valence-electron chi connectivity index (χ4n) is 0.561. The van der Waals surface area contributed by atoms with Gasteiger partial charge in [0, 0.05) is 0 Å². The van der Waals surface area contributed by atoms with Crippen molar-refractivity contribution in [1.82, 2.24) is 0 Å². The van der Waals surface area contributed by atoms with E-state index in [4.69, 9.17) is 4.74 Å². The molecule has 0 spiro atoms. The molecule has 66 valence electrons. The summed E-state index contributed by atoms with van der Waals surface area (Å²) >= 11 is -1.93. The molecule has 0 N–H and O–H groups in total. The molecule has 0 atom stereocenters. The molecule has 0 aliphatic heterocycles. The second-order valence-corrected chi connectivity index (χ2v) is 16.4. The van der Waals surface area contributed by atoms with Gasteiger partial charge in [-0.1, -0.05) is 0 Å². The predicted octanol–water partition coefficient (Wildman–Crippen LogP) is 2.28. The average Bonchev–Trinajstić information content (AvgIpc) is 1.83. The molecule has 3 heteroatoms. The number of hydrogen-bond donors (Lipinski definition) is 0. The molecule has 0 aliphatic carbocycles. The normalized spacial score (nSPS) is 12.9. The molecule has 0 aromatic heterocycles. The number of carbonyl (C=O) groups is 1. The van der Waals surface area contributed by atoms with Crippen LogP contribution in [-0.2, 0) is 9.53 Å². The summed E-state index contributed by atoms with van der Waals surface area (Å²) in [5.74, 6) is 6.59. The summed E-state index contributed by atoms with van der Waals surface area (Å²) in [5, 5.41) is 0. The Balaban J connectivity index is 4.59. The first-order valence-corrected chi connectivity index (χ1v) is 11.2. The molecule has 0 aromatic carbocycles. The van der Waals surface area contributed by atoms with Crippen LogP contribution in [0, 0.1) is 0 Å². The topological polar surface area (TPSA) is 26.3 Å². The van der Waals surface area contributed by atoms with E-state index in [0.29, 0.717) is 0 Å². The predicted molar refractivity (Wildman–Crippen MR) is 49.4 cm³/mol. The Labute approximate surface area is 71.7 Å². The van der Waals surface area contributed by atoms with E-state index in [2.05, 4.69) is 17.3 Å². The number of esters is 1. The summed E-state index contributed by atoms with van der Waals surface area (Å²) in [6, 6.07) is 0. The van der Waals surface area contributed by atoms with Crippen LogP contribution in [0.25, 0.3) is 0 Å². The first-order chi connectivity index (χ1) is 4.73. The Morgan fingerprint density at radius 1 is 1.27 bits per heavy atom. The molecule has 2 nitrogen and oxygen atoms in total. The molecule has 0 saturated heterocycles. The van der Waals surface area contributed by atoms with Gasteiger partial charge in [-0.2, -0.15) is 0 Å². The second-order valence-electron chi connectivity index (χ2n) is 4.37. The maximum atomic E-state index is 11.3. The summed E-state index contributed by atoms with van der Waals surface area (Å²) in [7, 11) is 1.46. The Kier molecular flexibility index (Phi) is 3.18. The number of hydrogen-bond acceptors (Lipinski definition) is 2. The monoisotopic (exact) mass is 220 g/mol. The van der Waals surface area contributed by atoms with Crippen LogP contribution in [0.2, 0.25) is 21.5 Å². The summed E-state index contributed by atoms with van der Waals surface area (Å²) in [6.07, 6.45) is 0. The third-order valence-electron chi connectivity index (χ3n) is 2.57. The van der Waals surface area contributed by atoms with Crippen molar-refractivity contribution in [3.63, 3.8) is 0 Å². The van der Waals surface area contributed by atoms with Gasteiger partial charge >= 0.3 is 71.2 Å². The van der Waals surface area contributed by atoms with Crippen molar-refractivity contribution in [3.05, 3.63) is 0 Å². The zero-order chi connectivity index (χ0) is 9.28. The van der Waals surface area contributed by atoms with Crippen LogP contribution in [-0.4, -0.2) is 26.3 Å². The molecule has 0 aromatic rings. The number of ether oxygens (including phenoxy) is 1. The van der Waals surface area contributed by atoms with Crippen LogP contribution < -0.4 is 0 Å². The molecule has 0 fully saturated rings. The second kappa shape index (κ2) is 3.17. The van der Waals surface area contributed by atoms with E-state index in [1.54, 1.807) is 0 Å². The van der Waals surface area contributed by atoms with Gasteiger partial charge in [-0.15, -0.1) is 0 Å². The third kappa shape index (κ3) is 2.22. The molecule has 0 heterocycles. The molecular weight excluding hydrogens is 201 g/mol. The van der Waals surface area contributed by atoms with Crippen molar-refractivity contribution in [2.75, 3.05) is 7.11 Å². The maximum absolute atomic E-state index is 11.3. The summed E-state index contributed by atoms with van der Waals surface area (Å²) in [5.41, 5.74) is 0. The van der Waals surface area contributed by atoms with Crippen LogP contribution in [0.5, 0.6) is 0 Å². The Bertz CT molecular complexity index is 156. The first kappa shape index (κ1) is 11.0. The summed E-state index contributed by atoms with van der Waals surface area (Å²) < 4.78 is 4.52. The zero-order valence-electron chi connectivity index (χ0n) is 8.32. The van der Waals surface area contributed by atoms with E-state index < -0.39 is 13.3 Å². The summed E-state index contributed by atoms with van der Waals surface area (Å²) in [6.45, 7) is 3.97. The molecule has 0 radical (unpaired) electrons.